The summed E-state index contributed by atoms with van der Waals surface area (Å²) in [6.07, 6.45) is -2.46. The number of aromatic nitrogens is 2. The van der Waals surface area contributed by atoms with Gasteiger partial charge in [-0.05, 0) is 34.2 Å². The highest BCUT2D eigenvalue weighted by Crippen LogP contribution is 2.30. The Hall–Kier alpha value is -1.57. The maximum absolute atomic E-state index is 12.6. The zero-order valence-corrected chi connectivity index (χ0v) is 12.5. The summed E-state index contributed by atoms with van der Waals surface area (Å²) in [5.74, 6) is -0.442. The molecule has 0 bridgehead atoms. The average Bonchev–Trinajstić information content (AvgIpc) is 2.88. The molecule has 0 aliphatic heterocycles. The van der Waals surface area contributed by atoms with Crippen molar-refractivity contribution in [3.8, 4) is 0 Å². The van der Waals surface area contributed by atoms with Crippen LogP contribution >= 0.6 is 0 Å². The Kier molecular flexibility index (Phi) is 5.38. The third-order valence-electron chi connectivity index (χ3n) is 3.36. The largest absolute Gasteiger partial charge is 0.465 e. The summed E-state index contributed by atoms with van der Waals surface area (Å²) in [4.78, 5) is 11.9. The van der Waals surface area contributed by atoms with Gasteiger partial charge in [0.1, 0.15) is 5.54 Å². The van der Waals surface area contributed by atoms with Crippen LogP contribution in [0.25, 0.3) is 0 Å². The number of hydrogen-bond acceptors (Lipinski definition) is 4. The van der Waals surface area contributed by atoms with Crippen LogP contribution in [-0.4, -0.2) is 34.9 Å². The van der Waals surface area contributed by atoms with Crippen molar-refractivity contribution >= 4 is 5.97 Å². The van der Waals surface area contributed by atoms with Crippen molar-refractivity contribution in [3.05, 3.63) is 18.0 Å². The number of esters is 1. The first-order valence-corrected chi connectivity index (χ1v) is 6.61. The number of hydrogen-bond donors (Lipinski definition) is 1. The second-order valence-electron chi connectivity index (χ2n) is 5.06. The Morgan fingerprint density at radius 2 is 2.14 bits per heavy atom. The van der Waals surface area contributed by atoms with E-state index in [1.54, 1.807) is 27.8 Å². The molecule has 0 saturated heterocycles. The minimum absolute atomic E-state index is 0.241. The van der Waals surface area contributed by atoms with Gasteiger partial charge >= 0.3 is 12.1 Å². The van der Waals surface area contributed by atoms with E-state index in [0.717, 1.165) is 12.4 Å². The van der Waals surface area contributed by atoms with E-state index >= 15 is 0 Å². The smallest absolute Gasteiger partial charge is 0.419 e. The molecule has 1 aromatic rings. The van der Waals surface area contributed by atoms with Crippen molar-refractivity contribution in [1.29, 1.82) is 0 Å². The molecule has 1 heterocycles. The maximum Gasteiger partial charge on any atom is 0.419 e. The monoisotopic (exact) mass is 307 g/mol. The molecule has 0 saturated carbocycles. The van der Waals surface area contributed by atoms with E-state index in [4.69, 9.17) is 4.74 Å². The van der Waals surface area contributed by atoms with E-state index in [2.05, 4.69) is 10.4 Å². The summed E-state index contributed by atoms with van der Waals surface area (Å²) in [7, 11) is 1.61. The third-order valence-corrected chi connectivity index (χ3v) is 3.36. The van der Waals surface area contributed by atoms with Gasteiger partial charge in [-0.3, -0.25) is 9.48 Å². The van der Waals surface area contributed by atoms with Gasteiger partial charge in [0.15, 0.2) is 0 Å². The molecule has 5 nitrogen and oxygen atoms in total. The fourth-order valence-corrected chi connectivity index (χ4v) is 1.99. The van der Waals surface area contributed by atoms with Gasteiger partial charge < -0.3 is 10.1 Å². The summed E-state index contributed by atoms with van der Waals surface area (Å²) in [5.41, 5.74) is -1.79. The molecular weight excluding hydrogens is 287 g/mol. The van der Waals surface area contributed by atoms with Crippen LogP contribution in [0.15, 0.2) is 12.4 Å². The molecule has 120 valence electrons. The highest BCUT2D eigenvalue weighted by atomic mass is 19.4. The highest BCUT2D eigenvalue weighted by Gasteiger charge is 2.36. The van der Waals surface area contributed by atoms with Crippen LogP contribution in [0.5, 0.6) is 0 Å². The van der Waals surface area contributed by atoms with Crippen molar-refractivity contribution in [2.75, 3.05) is 13.7 Å². The first kappa shape index (κ1) is 17.5. The summed E-state index contributed by atoms with van der Waals surface area (Å²) in [5, 5.41) is 6.59. The van der Waals surface area contributed by atoms with E-state index in [1.807, 2.05) is 0 Å². The second-order valence-corrected chi connectivity index (χ2v) is 5.06. The molecular formula is C13H20F3N3O2. The molecule has 0 aromatic carbocycles. The Labute approximate surface area is 121 Å². The molecule has 8 heteroatoms. The van der Waals surface area contributed by atoms with Crippen molar-refractivity contribution < 1.29 is 22.7 Å². The lowest BCUT2D eigenvalue weighted by Gasteiger charge is -2.29. The SMILES string of the molecule is CCOC(=O)C(C)(CC(C)n1cc(C(F)(F)F)cn1)NC. The van der Waals surface area contributed by atoms with E-state index < -0.39 is 29.3 Å². The Bertz CT molecular complexity index is 487. The number of ether oxygens (including phenoxy) is 1. The standard InChI is InChI=1S/C13H20F3N3O2/c1-5-21-11(20)12(3,17-4)6-9(2)19-8-10(7-18-19)13(14,15)16/h7-9,17H,5-6H2,1-4H3. The van der Waals surface area contributed by atoms with Crippen LogP contribution in [0.4, 0.5) is 13.2 Å². The topological polar surface area (TPSA) is 56.2 Å². The molecule has 21 heavy (non-hydrogen) atoms. The molecule has 1 aromatic heterocycles. The van der Waals surface area contributed by atoms with Crippen LogP contribution in [0.2, 0.25) is 0 Å². The maximum atomic E-state index is 12.6. The van der Waals surface area contributed by atoms with Crippen LogP contribution < -0.4 is 5.32 Å². The third kappa shape index (κ3) is 4.20. The van der Waals surface area contributed by atoms with Crippen LogP contribution in [0.3, 0.4) is 0 Å². The lowest BCUT2D eigenvalue weighted by Crippen LogP contribution is -2.50. The van der Waals surface area contributed by atoms with Gasteiger partial charge in [0.2, 0.25) is 0 Å². The van der Waals surface area contributed by atoms with Crippen molar-refractivity contribution in [1.82, 2.24) is 15.1 Å². The molecule has 0 aliphatic carbocycles. The average molecular weight is 307 g/mol. The summed E-state index contributed by atoms with van der Waals surface area (Å²) < 4.78 is 43.9. The fraction of sp³-hybridized carbons (Fsp3) is 0.692. The molecule has 0 radical (unpaired) electrons. The van der Waals surface area contributed by atoms with E-state index in [0.29, 0.717) is 0 Å². The van der Waals surface area contributed by atoms with Crippen molar-refractivity contribution in [3.63, 3.8) is 0 Å². The van der Waals surface area contributed by atoms with Gasteiger partial charge in [0, 0.05) is 6.20 Å². The van der Waals surface area contributed by atoms with Gasteiger partial charge in [-0.2, -0.15) is 18.3 Å². The van der Waals surface area contributed by atoms with Gasteiger partial charge in [-0.15, -0.1) is 0 Å². The Balaban J connectivity index is 2.86. The molecule has 2 unspecified atom stereocenters. The van der Waals surface area contributed by atoms with Gasteiger partial charge in [0.25, 0.3) is 0 Å². The highest BCUT2D eigenvalue weighted by molar-refractivity contribution is 5.80. The second kappa shape index (κ2) is 6.46. The summed E-state index contributed by atoms with van der Waals surface area (Å²) >= 11 is 0. The first-order chi connectivity index (χ1) is 9.64. The molecule has 0 aliphatic rings. The molecule has 0 amide bonds. The number of halogens is 3. The van der Waals surface area contributed by atoms with E-state index in [-0.39, 0.29) is 13.0 Å². The summed E-state index contributed by atoms with van der Waals surface area (Å²) in [6, 6.07) is -0.400. The molecule has 1 N–H and O–H groups in total. The zero-order valence-electron chi connectivity index (χ0n) is 12.5. The predicted octanol–water partition coefficient (Wildman–Crippen LogP) is 2.39. The molecule has 2 atom stereocenters. The van der Waals surface area contributed by atoms with Crippen molar-refractivity contribution in [2.24, 2.45) is 0 Å². The van der Waals surface area contributed by atoms with E-state index in [1.165, 1.54) is 4.68 Å². The number of alkyl halides is 3. The minimum Gasteiger partial charge on any atom is -0.465 e. The van der Waals surface area contributed by atoms with E-state index in [9.17, 15) is 18.0 Å². The molecule has 1 rings (SSSR count). The Morgan fingerprint density at radius 3 is 2.57 bits per heavy atom. The van der Waals surface area contributed by atoms with Gasteiger partial charge in [0.05, 0.1) is 24.4 Å². The quantitative estimate of drug-likeness (QED) is 0.820. The lowest BCUT2D eigenvalue weighted by molar-refractivity contribution is -0.151. The van der Waals surface area contributed by atoms with Crippen molar-refractivity contribution in [2.45, 2.75) is 44.9 Å². The van der Waals surface area contributed by atoms with Gasteiger partial charge in [-0.1, -0.05) is 0 Å². The van der Waals surface area contributed by atoms with Crippen LogP contribution in [0.1, 0.15) is 38.8 Å². The number of carbonyl (C=O) groups excluding carboxylic acids is 1. The summed E-state index contributed by atoms with van der Waals surface area (Å²) in [6.45, 7) is 5.28. The zero-order chi connectivity index (χ0) is 16.3. The number of nitrogens with zero attached hydrogens (tertiary/aromatic N) is 2. The van der Waals surface area contributed by atoms with Gasteiger partial charge in [-0.25, -0.2) is 0 Å². The lowest BCUT2D eigenvalue weighted by atomic mass is 9.94. The number of carbonyl (C=O) groups is 1. The molecule has 0 fully saturated rings. The predicted molar refractivity (Wildman–Crippen MR) is 70.7 cm³/mol. The Morgan fingerprint density at radius 1 is 1.52 bits per heavy atom. The number of nitrogens with one attached hydrogen (secondary N) is 1. The van der Waals surface area contributed by atoms with Crippen LogP contribution in [-0.2, 0) is 15.7 Å². The normalized spacial score (nSPS) is 16.3. The molecule has 0 spiro atoms. The number of likely N-dealkylation sites (N-methyl/N-ethyl adjacent to an activating group) is 1. The number of rotatable bonds is 6. The fourth-order valence-electron chi connectivity index (χ4n) is 1.99. The minimum atomic E-state index is -4.43. The first-order valence-electron chi connectivity index (χ1n) is 6.61. The van der Waals surface area contributed by atoms with Crippen LogP contribution in [0, 0.1) is 0 Å².